The van der Waals surface area contributed by atoms with Crippen LogP contribution in [0.25, 0.3) is 0 Å². The van der Waals surface area contributed by atoms with Crippen LogP contribution in [0.5, 0.6) is 0 Å². The largest absolute Gasteiger partial charge is 0.433 e. The molecule has 0 aromatic carbocycles. The highest BCUT2D eigenvalue weighted by Crippen LogP contribution is 2.34. The molecule has 15 heavy (non-hydrogen) atoms. The summed E-state index contributed by atoms with van der Waals surface area (Å²) in [5.74, 6) is 0. The third-order valence-corrected chi connectivity index (χ3v) is 1.83. The molecule has 0 bridgehead atoms. The van der Waals surface area contributed by atoms with Crippen LogP contribution in [0.3, 0.4) is 0 Å². The number of rotatable bonds is 1. The maximum atomic E-state index is 12.6. The first kappa shape index (κ1) is 11.7. The number of carbonyl (C=O) groups excluding carboxylic acids is 1. The van der Waals surface area contributed by atoms with Gasteiger partial charge >= 0.3 is 6.18 Å². The Hall–Kier alpha value is -1.33. The Labute approximate surface area is 84.9 Å². The monoisotopic (exact) mass is 220 g/mol. The molecule has 1 rings (SSSR count). The SMILES string of the molecule is CC(C)(C)n1ncc(C=O)c1C(F)(F)F. The summed E-state index contributed by atoms with van der Waals surface area (Å²) >= 11 is 0. The maximum absolute atomic E-state index is 12.6. The number of hydrogen-bond donors (Lipinski definition) is 0. The topological polar surface area (TPSA) is 34.9 Å². The molecule has 0 unspecified atom stereocenters. The van der Waals surface area contributed by atoms with Gasteiger partial charge in [-0.1, -0.05) is 0 Å². The molecule has 0 amide bonds. The molecule has 1 aromatic rings. The van der Waals surface area contributed by atoms with Crippen LogP contribution in [0.4, 0.5) is 13.2 Å². The van der Waals surface area contributed by atoms with E-state index in [0.717, 1.165) is 10.9 Å². The number of hydrogen-bond acceptors (Lipinski definition) is 2. The van der Waals surface area contributed by atoms with Crippen LogP contribution in [-0.4, -0.2) is 16.1 Å². The van der Waals surface area contributed by atoms with Gasteiger partial charge in [-0.15, -0.1) is 0 Å². The van der Waals surface area contributed by atoms with Crippen LogP contribution in [0, 0.1) is 0 Å². The van der Waals surface area contributed by atoms with Gasteiger partial charge in [0.1, 0.15) is 0 Å². The van der Waals surface area contributed by atoms with Gasteiger partial charge in [0.2, 0.25) is 0 Å². The molecule has 0 aliphatic heterocycles. The van der Waals surface area contributed by atoms with E-state index < -0.39 is 23.0 Å². The molecular weight excluding hydrogens is 209 g/mol. The average molecular weight is 220 g/mol. The van der Waals surface area contributed by atoms with Crippen molar-refractivity contribution < 1.29 is 18.0 Å². The first-order valence-electron chi connectivity index (χ1n) is 4.29. The van der Waals surface area contributed by atoms with E-state index in [4.69, 9.17) is 0 Å². The van der Waals surface area contributed by atoms with E-state index in [1.807, 2.05) is 0 Å². The Balaban J connectivity index is 3.44. The molecule has 0 aliphatic rings. The molecule has 84 valence electrons. The van der Waals surface area contributed by atoms with Crippen LogP contribution < -0.4 is 0 Å². The number of halogens is 3. The van der Waals surface area contributed by atoms with Crippen LogP contribution in [0.15, 0.2) is 6.20 Å². The summed E-state index contributed by atoms with van der Waals surface area (Å²) in [6.45, 7) is 4.76. The van der Waals surface area contributed by atoms with Crippen molar-refractivity contribution in [2.24, 2.45) is 0 Å². The third kappa shape index (κ3) is 2.19. The highest BCUT2D eigenvalue weighted by molar-refractivity contribution is 5.76. The van der Waals surface area contributed by atoms with Gasteiger partial charge in [0.25, 0.3) is 0 Å². The summed E-state index contributed by atoms with van der Waals surface area (Å²) in [5.41, 5.74) is -2.24. The van der Waals surface area contributed by atoms with Gasteiger partial charge in [-0.3, -0.25) is 9.48 Å². The number of carbonyl (C=O) groups is 1. The van der Waals surface area contributed by atoms with Crippen molar-refractivity contribution in [1.29, 1.82) is 0 Å². The molecular formula is C9H11F3N2O. The molecule has 0 spiro atoms. The second-order valence-corrected chi connectivity index (χ2v) is 4.15. The first-order valence-corrected chi connectivity index (χ1v) is 4.29. The predicted molar refractivity (Wildman–Crippen MR) is 47.6 cm³/mol. The van der Waals surface area contributed by atoms with Gasteiger partial charge in [-0.25, -0.2) is 0 Å². The average Bonchev–Trinajstić information content (AvgIpc) is 2.44. The molecule has 0 aliphatic carbocycles. The third-order valence-electron chi connectivity index (χ3n) is 1.83. The molecule has 3 nitrogen and oxygen atoms in total. The molecule has 0 fully saturated rings. The molecule has 0 saturated carbocycles. The van der Waals surface area contributed by atoms with Crippen molar-refractivity contribution in [1.82, 2.24) is 9.78 Å². The van der Waals surface area contributed by atoms with E-state index >= 15 is 0 Å². The predicted octanol–water partition coefficient (Wildman–Crippen LogP) is 2.47. The minimum absolute atomic E-state index is 0.165. The Kier molecular flexibility index (Phi) is 2.63. The summed E-state index contributed by atoms with van der Waals surface area (Å²) in [4.78, 5) is 10.5. The molecule has 1 heterocycles. The van der Waals surface area contributed by atoms with Crippen LogP contribution in [-0.2, 0) is 11.7 Å². The smallest absolute Gasteiger partial charge is 0.298 e. The van der Waals surface area contributed by atoms with Gasteiger partial charge in [-0.05, 0) is 20.8 Å². The van der Waals surface area contributed by atoms with E-state index in [-0.39, 0.29) is 6.29 Å². The second kappa shape index (κ2) is 3.36. The zero-order chi connectivity index (χ0) is 11.9. The minimum atomic E-state index is -4.57. The van der Waals surface area contributed by atoms with Crippen molar-refractivity contribution >= 4 is 6.29 Å². The first-order chi connectivity index (χ1) is 6.68. The molecule has 1 aromatic heterocycles. The second-order valence-electron chi connectivity index (χ2n) is 4.15. The van der Waals surface area contributed by atoms with Crippen LogP contribution in [0.1, 0.15) is 36.8 Å². The Morgan fingerprint density at radius 3 is 2.20 bits per heavy atom. The fourth-order valence-corrected chi connectivity index (χ4v) is 1.24. The van der Waals surface area contributed by atoms with Crippen LogP contribution >= 0.6 is 0 Å². The Bertz CT molecular complexity index is 374. The maximum Gasteiger partial charge on any atom is 0.433 e. The summed E-state index contributed by atoms with van der Waals surface area (Å²) in [6.07, 6.45) is -3.47. The van der Waals surface area contributed by atoms with Crippen molar-refractivity contribution in [2.75, 3.05) is 0 Å². The number of aromatic nitrogens is 2. The molecule has 0 N–H and O–H groups in total. The van der Waals surface area contributed by atoms with E-state index in [2.05, 4.69) is 5.10 Å². The zero-order valence-corrected chi connectivity index (χ0v) is 8.59. The zero-order valence-electron chi connectivity index (χ0n) is 8.59. The van der Waals surface area contributed by atoms with E-state index in [9.17, 15) is 18.0 Å². The molecule has 0 saturated heterocycles. The fraction of sp³-hybridized carbons (Fsp3) is 0.556. The van der Waals surface area contributed by atoms with Gasteiger partial charge in [0, 0.05) is 0 Å². The van der Waals surface area contributed by atoms with Gasteiger partial charge < -0.3 is 0 Å². The summed E-state index contributed by atoms with van der Waals surface area (Å²) in [6, 6.07) is 0. The fourth-order valence-electron chi connectivity index (χ4n) is 1.24. The number of aldehydes is 1. The van der Waals surface area contributed by atoms with Gasteiger partial charge in [-0.2, -0.15) is 18.3 Å². The van der Waals surface area contributed by atoms with Crippen molar-refractivity contribution in [3.63, 3.8) is 0 Å². The van der Waals surface area contributed by atoms with Crippen molar-refractivity contribution in [2.45, 2.75) is 32.5 Å². The van der Waals surface area contributed by atoms with Gasteiger partial charge in [0.15, 0.2) is 12.0 Å². The quantitative estimate of drug-likeness (QED) is 0.681. The summed E-state index contributed by atoms with van der Waals surface area (Å²) < 4.78 is 38.7. The normalized spacial score (nSPS) is 12.9. The number of nitrogens with zero attached hydrogens (tertiary/aromatic N) is 2. The molecule has 0 atom stereocenters. The lowest BCUT2D eigenvalue weighted by atomic mass is 10.1. The highest BCUT2D eigenvalue weighted by Gasteiger charge is 2.40. The lowest BCUT2D eigenvalue weighted by Crippen LogP contribution is -2.29. The molecule has 6 heteroatoms. The standard InChI is InChI=1S/C9H11F3N2O/c1-8(2,3)14-7(9(10,11)12)6(5-15)4-13-14/h4-5H,1-3H3. The van der Waals surface area contributed by atoms with Gasteiger partial charge in [0.05, 0.1) is 17.3 Å². The highest BCUT2D eigenvalue weighted by atomic mass is 19.4. The van der Waals surface area contributed by atoms with Crippen molar-refractivity contribution in [3.05, 3.63) is 17.5 Å². The Morgan fingerprint density at radius 1 is 1.33 bits per heavy atom. The summed E-state index contributed by atoms with van der Waals surface area (Å²) in [5, 5.41) is 3.59. The lowest BCUT2D eigenvalue weighted by molar-refractivity contribution is -0.146. The summed E-state index contributed by atoms with van der Waals surface area (Å²) in [7, 11) is 0. The minimum Gasteiger partial charge on any atom is -0.298 e. The van der Waals surface area contributed by atoms with Crippen molar-refractivity contribution in [3.8, 4) is 0 Å². The lowest BCUT2D eigenvalue weighted by Gasteiger charge is -2.23. The Morgan fingerprint density at radius 2 is 1.87 bits per heavy atom. The molecule has 0 radical (unpaired) electrons. The van der Waals surface area contributed by atoms with E-state index in [1.165, 1.54) is 0 Å². The van der Waals surface area contributed by atoms with Crippen LogP contribution in [0.2, 0.25) is 0 Å². The van der Waals surface area contributed by atoms with E-state index in [0.29, 0.717) is 0 Å². The van der Waals surface area contributed by atoms with E-state index in [1.54, 1.807) is 20.8 Å². The number of alkyl halides is 3.